The van der Waals surface area contributed by atoms with E-state index in [1.54, 1.807) is 12.1 Å². The van der Waals surface area contributed by atoms with Crippen LogP contribution in [0.5, 0.6) is 5.75 Å². The second-order valence-corrected chi connectivity index (χ2v) is 5.77. The number of rotatable bonds is 4. The lowest BCUT2D eigenvalue weighted by molar-refractivity contribution is 0.474. The first-order valence-corrected chi connectivity index (χ1v) is 7.74. The monoisotopic (exact) mass is 307 g/mol. The Morgan fingerprint density at radius 3 is 2.70 bits per heavy atom. The summed E-state index contributed by atoms with van der Waals surface area (Å²) in [5.41, 5.74) is 5.95. The summed E-state index contributed by atoms with van der Waals surface area (Å²) in [6.45, 7) is 4.00. The van der Waals surface area contributed by atoms with Gasteiger partial charge >= 0.3 is 0 Å². The van der Waals surface area contributed by atoms with Gasteiger partial charge in [0, 0.05) is 36.5 Å². The fraction of sp³-hybridized carbons (Fsp3) is 0.211. The van der Waals surface area contributed by atoms with Crippen molar-refractivity contribution in [2.75, 3.05) is 13.1 Å². The first-order chi connectivity index (χ1) is 11.1. The van der Waals surface area contributed by atoms with E-state index in [0.717, 1.165) is 22.4 Å². The van der Waals surface area contributed by atoms with E-state index in [-0.39, 0.29) is 5.75 Å². The largest absolute Gasteiger partial charge is 0.508 e. The number of hydrogen-bond acceptors (Lipinski definition) is 4. The van der Waals surface area contributed by atoms with E-state index in [4.69, 9.17) is 5.41 Å². The Morgan fingerprint density at radius 1 is 1.17 bits per heavy atom. The summed E-state index contributed by atoms with van der Waals surface area (Å²) >= 11 is 0. The fourth-order valence-electron chi connectivity index (χ4n) is 2.84. The Morgan fingerprint density at radius 2 is 2.00 bits per heavy atom. The van der Waals surface area contributed by atoms with Crippen molar-refractivity contribution in [1.82, 2.24) is 10.6 Å². The number of aryl methyl sites for hydroxylation is 1. The van der Waals surface area contributed by atoms with Crippen LogP contribution in [0.15, 0.2) is 54.1 Å². The van der Waals surface area contributed by atoms with Crippen LogP contribution >= 0.6 is 0 Å². The van der Waals surface area contributed by atoms with Crippen molar-refractivity contribution >= 4 is 11.4 Å². The highest BCUT2D eigenvalue weighted by molar-refractivity contribution is 6.07. The van der Waals surface area contributed by atoms with Gasteiger partial charge in [-0.25, -0.2) is 0 Å². The third kappa shape index (κ3) is 3.43. The first kappa shape index (κ1) is 15.3. The van der Waals surface area contributed by atoms with Crippen LogP contribution in [0.3, 0.4) is 0 Å². The molecular formula is C19H21N3O. The van der Waals surface area contributed by atoms with Crippen LogP contribution in [0.1, 0.15) is 16.7 Å². The van der Waals surface area contributed by atoms with Crippen molar-refractivity contribution in [2.24, 2.45) is 0 Å². The maximum absolute atomic E-state index is 9.61. The predicted octanol–water partition coefficient (Wildman–Crippen LogP) is 2.82. The number of phenols is 1. The molecule has 3 rings (SSSR count). The van der Waals surface area contributed by atoms with Crippen LogP contribution in [0, 0.1) is 12.3 Å². The molecule has 2 aromatic rings. The summed E-state index contributed by atoms with van der Waals surface area (Å²) in [5, 5.41) is 24.5. The summed E-state index contributed by atoms with van der Waals surface area (Å²) in [7, 11) is 0. The molecule has 0 aromatic heterocycles. The molecule has 1 saturated heterocycles. The minimum Gasteiger partial charge on any atom is -0.508 e. The van der Waals surface area contributed by atoms with Gasteiger partial charge in [0.05, 0.1) is 5.71 Å². The fourth-order valence-corrected chi connectivity index (χ4v) is 2.84. The Hall–Kier alpha value is -2.59. The molecule has 4 N–H and O–H groups in total. The van der Waals surface area contributed by atoms with Gasteiger partial charge in [-0.2, -0.15) is 0 Å². The number of phenolic OH excluding ortho intramolecular Hbond substituents is 1. The predicted molar refractivity (Wildman–Crippen MR) is 93.6 cm³/mol. The minimum atomic E-state index is 0.268. The normalized spacial score (nSPS) is 16.5. The van der Waals surface area contributed by atoms with Crippen molar-refractivity contribution < 1.29 is 5.11 Å². The van der Waals surface area contributed by atoms with Crippen LogP contribution in [0.2, 0.25) is 0 Å². The molecule has 1 aliphatic rings. The van der Waals surface area contributed by atoms with Crippen LogP contribution in [0.4, 0.5) is 0 Å². The van der Waals surface area contributed by atoms with Gasteiger partial charge in [0.2, 0.25) is 0 Å². The van der Waals surface area contributed by atoms with E-state index in [2.05, 4.69) is 29.7 Å². The molecule has 0 amide bonds. The van der Waals surface area contributed by atoms with Gasteiger partial charge in [0.25, 0.3) is 0 Å². The second-order valence-electron chi connectivity index (χ2n) is 5.77. The van der Waals surface area contributed by atoms with Crippen molar-refractivity contribution in [3.63, 3.8) is 0 Å². The second kappa shape index (κ2) is 6.67. The third-order valence-corrected chi connectivity index (χ3v) is 4.06. The SMILES string of the molecule is Cc1ccccc1/C(NCc1cccc(O)c1)=C1\CNCC1=N. The quantitative estimate of drug-likeness (QED) is 0.702. The van der Waals surface area contributed by atoms with Gasteiger partial charge in [-0.3, -0.25) is 0 Å². The highest BCUT2D eigenvalue weighted by atomic mass is 16.3. The first-order valence-electron chi connectivity index (χ1n) is 7.74. The van der Waals surface area contributed by atoms with Crippen LogP contribution in [0.25, 0.3) is 5.70 Å². The van der Waals surface area contributed by atoms with Gasteiger partial charge < -0.3 is 21.1 Å². The summed E-state index contributed by atoms with van der Waals surface area (Å²) < 4.78 is 0. The molecule has 0 atom stereocenters. The standard InChI is InChI=1S/C19H21N3O/c1-13-5-2-3-8-16(13)19(17-11-21-12-18(17)20)22-10-14-6-4-7-15(23)9-14/h2-9,20-23H,10-12H2,1H3/b19-17-,20-18?. The van der Waals surface area contributed by atoms with Crippen LogP contribution < -0.4 is 10.6 Å². The topological polar surface area (TPSA) is 68.1 Å². The lowest BCUT2D eigenvalue weighted by atomic mass is 10.00. The van der Waals surface area contributed by atoms with E-state index >= 15 is 0 Å². The van der Waals surface area contributed by atoms with Crippen molar-refractivity contribution in [3.05, 3.63) is 70.8 Å². The van der Waals surface area contributed by atoms with E-state index < -0.39 is 0 Å². The highest BCUT2D eigenvalue weighted by Gasteiger charge is 2.19. The summed E-state index contributed by atoms with van der Waals surface area (Å²) in [4.78, 5) is 0. The lowest BCUT2D eigenvalue weighted by Crippen LogP contribution is -2.17. The highest BCUT2D eigenvalue weighted by Crippen LogP contribution is 2.23. The molecule has 0 saturated carbocycles. The maximum atomic E-state index is 9.61. The molecule has 1 fully saturated rings. The summed E-state index contributed by atoms with van der Waals surface area (Å²) in [6.07, 6.45) is 0. The van der Waals surface area contributed by atoms with Crippen molar-refractivity contribution in [3.8, 4) is 5.75 Å². The zero-order valence-electron chi connectivity index (χ0n) is 13.2. The lowest BCUT2D eigenvalue weighted by Gasteiger charge is -2.17. The Kier molecular flexibility index (Phi) is 4.44. The van der Waals surface area contributed by atoms with Gasteiger partial charge in [-0.1, -0.05) is 36.4 Å². The Labute approximate surface area is 136 Å². The van der Waals surface area contributed by atoms with Gasteiger partial charge in [-0.15, -0.1) is 0 Å². The van der Waals surface area contributed by atoms with Crippen LogP contribution in [-0.4, -0.2) is 23.9 Å². The van der Waals surface area contributed by atoms with E-state index in [9.17, 15) is 5.11 Å². The minimum absolute atomic E-state index is 0.268. The smallest absolute Gasteiger partial charge is 0.115 e. The molecule has 1 heterocycles. The number of benzene rings is 2. The number of nitrogens with one attached hydrogen (secondary N) is 3. The molecule has 0 unspecified atom stereocenters. The van der Waals surface area contributed by atoms with Gasteiger partial charge in [0.15, 0.2) is 0 Å². The zero-order chi connectivity index (χ0) is 16.2. The molecule has 1 aliphatic heterocycles. The Bertz CT molecular complexity index is 765. The Balaban J connectivity index is 1.94. The van der Waals surface area contributed by atoms with E-state index in [0.29, 0.717) is 25.3 Å². The zero-order valence-corrected chi connectivity index (χ0v) is 13.2. The molecule has 4 nitrogen and oxygen atoms in total. The maximum Gasteiger partial charge on any atom is 0.115 e. The van der Waals surface area contributed by atoms with Gasteiger partial charge in [0.1, 0.15) is 5.75 Å². The van der Waals surface area contributed by atoms with Crippen molar-refractivity contribution in [2.45, 2.75) is 13.5 Å². The molecule has 4 heteroatoms. The molecular weight excluding hydrogens is 286 g/mol. The average molecular weight is 307 g/mol. The molecule has 118 valence electrons. The third-order valence-electron chi connectivity index (χ3n) is 4.06. The molecule has 23 heavy (non-hydrogen) atoms. The van der Waals surface area contributed by atoms with E-state index in [1.807, 2.05) is 24.3 Å². The molecule has 0 spiro atoms. The number of hydrogen-bond donors (Lipinski definition) is 4. The van der Waals surface area contributed by atoms with E-state index in [1.165, 1.54) is 5.56 Å². The molecule has 0 bridgehead atoms. The number of aromatic hydroxyl groups is 1. The molecule has 0 radical (unpaired) electrons. The molecule has 0 aliphatic carbocycles. The average Bonchev–Trinajstić information content (AvgIpc) is 2.95. The molecule has 2 aromatic carbocycles. The van der Waals surface area contributed by atoms with Gasteiger partial charge in [-0.05, 0) is 30.2 Å². The summed E-state index contributed by atoms with van der Waals surface area (Å²) in [6, 6.07) is 15.4. The summed E-state index contributed by atoms with van der Waals surface area (Å²) in [5.74, 6) is 0.268. The van der Waals surface area contributed by atoms with Crippen LogP contribution in [-0.2, 0) is 6.54 Å². The van der Waals surface area contributed by atoms with Crippen molar-refractivity contribution in [1.29, 1.82) is 5.41 Å².